The number of nitrogens with zero attached hydrogens (tertiary/aromatic N) is 1. The van der Waals surface area contributed by atoms with Crippen molar-refractivity contribution in [3.05, 3.63) is 57.8 Å². The summed E-state index contributed by atoms with van der Waals surface area (Å²) in [6.07, 6.45) is 0. The largest absolute Gasteiger partial charge is 0.496 e. The number of hydrogen-bond donors (Lipinski definition) is 0. The highest BCUT2D eigenvalue weighted by molar-refractivity contribution is 9.10. The van der Waals surface area contributed by atoms with E-state index in [0.717, 1.165) is 10.0 Å². The molecule has 2 rings (SSSR count). The van der Waals surface area contributed by atoms with Gasteiger partial charge in [0.05, 0.1) is 14.2 Å². The van der Waals surface area contributed by atoms with Gasteiger partial charge in [0.25, 0.3) is 5.91 Å². The second-order valence-corrected chi connectivity index (χ2v) is 5.88. The van der Waals surface area contributed by atoms with E-state index in [1.54, 1.807) is 20.2 Å². The molecule has 0 bridgehead atoms. The summed E-state index contributed by atoms with van der Waals surface area (Å²) < 4.78 is 24.8. The molecule has 0 unspecified atom stereocenters. The molecule has 0 spiro atoms. The van der Waals surface area contributed by atoms with Crippen LogP contribution in [0, 0.1) is 5.82 Å². The van der Waals surface area contributed by atoms with E-state index in [-0.39, 0.29) is 17.2 Å². The number of benzene rings is 2. The molecule has 2 aromatic carbocycles. The minimum absolute atomic E-state index is 0.109. The van der Waals surface area contributed by atoms with E-state index in [0.29, 0.717) is 12.3 Å². The van der Waals surface area contributed by atoms with Crippen molar-refractivity contribution in [2.24, 2.45) is 0 Å². The minimum atomic E-state index is -0.563. The number of rotatable bonds is 5. The van der Waals surface area contributed by atoms with Crippen molar-refractivity contribution in [3.63, 3.8) is 0 Å². The Morgan fingerprint density at radius 1 is 1.13 bits per heavy atom. The highest BCUT2D eigenvalue weighted by Gasteiger charge is 2.16. The van der Waals surface area contributed by atoms with E-state index in [1.165, 1.54) is 24.1 Å². The SMILES string of the molecule is COc1ccc(C(=O)N(C)Cc2cc(Br)ccc2OC)cc1F. The van der Waals surface area contributed by atoms with Crippen molar-refractivity contribution in [3.8, 4) is 11.5 Å². The highest BCUT2D eigenvalue weighted by atomic mass is 79.9. The van der Waals surface area contributed by atoms with Crippen LogP contribution >= 0.6 is 15.9 Å². The lowest BCUT2D eigenvalue weighted by molar-refractivity contribution is 0.0783. The molecule has 0 radical (unpaired) electrons. The third-order valence-electron chi connectivity index (χ3n) is 3.40. The molecule has 1 amide bonds. The van der Waals surface area contributed by atoms with Crippen molar-refractivity contribution >= 4 is 21.8 Å². The molecule has 2 aromatic rings. The Morgan fingerprint density at radius 3 is 2.39 bits per heavy atom. The van der Waals surface area contributed by atoms with Gasteiger partial charge < -0.3 is 14.4 Å². The van der Waals surface area contributed by atoms with Crippen molar-refractivity contribution in [1.82, 2.24) is 4.90 Å². The van der Waals surface area contributed by atoms with E-state index in [1.807, 2.05) is 18.2 Å². The van der Waals surface area contributed by atoms with Gasteiger partial charge in [0, 0.05) is 29.2 Å². The first kappa shape index (κ1) is 17.3. The maximum absolute atomic E-state index is 13.8. The topological polar surface area (TPSA) is 38.8 Å². The zero-order chi connectivity index (χ0) is 17.0. The van der Waals surface area contributed by atoms with Crippen molar-refractivity contribution in [2.45, 2.75) is 6.54 Å². The van der Waals surface area contributed by atoms with Gasteiger partial charge in [-0.3, -0.25) is 4.79 Å². The van der Waals surface area contributed by atoms with E-state index >= 15 is 0 Å². The fourth-order valence-electron chi connectivity index (χ4n) is 2.22. The van der Waals surface area contributed by atoms with Gasteiger partial charge in [-0.05, 0) is 36.4 Å². The van der Waals surface area contributed by atoms with Gasteiger partial charge in [-0.25, -0.2) is 4.39 Å². The van der Waals surface area contributed by atoms with E-state index in [2.05, 4.69) is 15.9 Å². The molecular formula is C17H17BrFNO3. The molecule has 23 heavy (non-hydrogen) atoms. The molecular weight excluding hydrogens is 365 g/mol. The van der Waals surface area contributed by atoms with E-state index < -0.39 is 5.82 Å². The van der Waals surface area contributed by atoms with Crippen molar-refractivity contribution in [1.29, 1.82) is 0 Å². The summed E-state index contributed by atoms with van der Waals surface area (Å²) in [5, 5.41) is 0. The van der Waals surface area contributed by atoms with Gasteiger partial charge in [-0.1, -0.05) is 15.9 Å². The number of methoxy groups -OCH3 is 2. The highest BCUT2D eigenvalue weighted by Crippen LogP contribution is 2.25. The average Bonchev–Trinajstić information content (AvgIpc) is 2.54. The molecule has 0 heterocycles. The molecule has 0 atom stereocenters. The van der Waals surface area contributed by atoms with Crippen LogP contribution in [0.1, 0.15) is 15.9 Å². The molecule has 0 aliphatic heterocycles. The van der Waals surface area contributed by atoms with Crippen LogP contribution in [0.2, 0.25) is 0 Å². The van der Waals surface area contributed by atoms with Crippen LogP contribution in [0.4, 0.5) is 4.39 Å². The molecule has 0 aliphatic rings. The van der Waals surface area contributed by atoms with Gasteiger partial charge in [0.2, 0.25) is 0 Å². The second-order valence-electron chi connectivity index (χ2n) is 4.97. The van der Waals surface area contributed by atoms with Crippen molar-refractivity contribution < 1.29 is 18.7 Å². The van der Waals surface area contributed by atoms with Crippen LogP contribution in [-0.4, -0.2) is 32.1 Å². The molecule has 0 saturated carbocycles. The summed E-state index contributed by atoms with van der Waals surface area (Å²) in [6.45, 7) is 0.342. The number of carbonyl (C=O) groups excluding carboxylic acids is 1. The second kappa shape index (κ2) is 7.46. The summed E-state index contributed by atoms with van der Waals surface area (Å²) in [5.41, 5.74) is 1.12. The van der Waals surface area contributed by atoms with Gasteiger partial charge >= 0.3 is 0 Å². The number of amides is 1. The maximum Gasteiger partial charge on any atom is 0.254 e. The Kier molecular flexibility index (Phi) is 5.60. The fourth-order valence-corrected chi connectivity index (χ4v) is 2.63. The Hall–Kier alpha value is -2.08. The van der Waals surface area contributed by atoms with Gasteiger partial charge in [-0.15, -0.1) is 0 Å². The van der Waals surface area contributed by atoms with Crippen LogP contribution in [-0.2, 0) is 6.54 Å². The standard InChI is InChI=1S/C17H17BrFNO3/c1-20(10-12-8-13(18)5-7-15(12)22-2)17(21)11-4-6-16(23-3)14(19)9-11/h4-9H,10H2,1-3H3. The molecule has 6 heteroatoms. The molecule has 0 aromatic heterocycles. The van der Waals surface area contributed by atoms with Crippen molar-refractivity contribution in [2.75, 3.05) is 21.3 Å². The Morgan fingerprint density at radius 2 is 1.78 bits per heavy atom. The van der Waals surface area contributed by atoms with E-state index in [9.17, 15) is 9.18 Å². The zero-order valence-electron chi connectivity index (χ0n) is 13.1. The van der Waals surface area contributed by atoms with Crippen LogP contribution in [0.3, 0.4) is 0 Å². The Balaban J connectivity index is 2.20. The van der Waals surface area contributed by atoms with Crippen LogP contribution in [0.25, 0.3) is 0 Å². The number of halogens is 2. The fraction of sp³-hybridized carbons (Fsp3) is 0.235. The summed E-state index contributed by atoms with van der Waals surface area (Å²) in [5.74, 6) is -0.0491. The van der Waals surface area contributed by atoms with E-state index in [4.69, 9.17) is 9.47 Å². The number of ether oxygens (including phenoxy) is 2. The summed E-state index contributed by atoms with van der Waals surface area (Å²) >= 11 is 3.40. The number of hydrogen-bond acceptors (Lipinski definition) is 3. The normalized spacial score (nSPS) is 10.3. The minimum Gasteiger partial charge on any atom is -0.496 e. The smallest absolute Gasteiger partial charge is 0.254 e. The first-order valence-corrected chi connectivity index (χ1v) is 7.67. The quantitative estimate of drug-likeness (QED) is 0.788. The molecule has 0 aliphatic carbocycles. The Bertz CT molecular complexity index is 721. The third kappa shape index (κ3) is 4.01. The predicted molar refractivity (Wildman–Crippen MR) is 89.4 cm³/mol. The maximum atomic E-state index is 13.8. The summed E-state index contributed by atoms with van der Waals surface area (Å²) in [4.78, 5) is 14.0. The lowest BCUT2D eigenvalue weighted by Gasteiger charge is -2.19. The summed E-state index contributed by atoms with van der Waals surface area (Å²) in [6, 6.07) is 9.73. The number of carbonyl (C=O) groups is 1. The predicted octanol–water partition coefficient (Wildman–Crippen LogP) is 3.88. The molecule has 0 fully saturated rings. The average molecular weight is 382 g/mol. The molecule has 0 saturated heterocycles. The van der Waals surface area contributed by atoms with Gasteiger partial charge in [0.15, 0.2) is 11.6 Å². The van der Waals surface area contributed by atoms with Crippen LogP contribution < -0.4 is 9.47 Å². The van der Waals surface area contributed by atoms with Crippen LogP contribution in [0.15, 0.2) is 40.9 Å². The summed E-state index contributed by atoms with van der Waals surface area (Å²) in [7, 11) is 4.61. The first-order chi connectivity index (χ1) is 11.0. The van der Waals surface area contributed by atoms with Crippen LogP contribution in [0.5, 0.6) is 11.5 Å². The molecule has 4 nitrogen and oxygen atoms in total. The first-order valence-electron chi connectivity index (χ1n) is 6.87. The molecule has 122 valence electrons. The van der Waals surface area contributed by atoms with Gasteiger partial charge in [0.1, 0.15) is 5.75 Å². The monoisotopic (exact) mass is 381 g/mol. The lowest BCUT2D eigenvalue weighted by Crippen LogP contribution is -2.26. The lowest BCUT2D eigenvalue weighted by atomic mass is 10.1. The zero-order valence-corrected chi connectivity index (χ0v) is 14.7. The Labute approximate surface area is 142 Å². The molecule has 0 N–H and O–H groups in total. The van der Waals surface area contributed by atoms with Gasteiger partial charge in [-0.2, -0.15) is 0 Å². The third-order valence-corrected chi connectivity index (χ3v) is 3.89.